The number of carbonyl (C=O) groups is 1. The van der Waals surface area contributed by atoms with Gasteiger partial charge in [0.05, 0.1) is 0 Å². The van der Waals surface area contributed by atoms with E-state index < -0.39 is 12.6 Å². The van der Waals surface area contributed by atoms with Crippen molar-refractivity contribution in [1.82, 2.24) is 9.88 Å². The van der Waals surface area contributed by atoms with Crippen molar-refractivity contribution in [3.05, 3.63) is 71.2 Å². The summed E-state index contributed by atoms with van der Waals surface area (Å²) in [6.45, 7) is 3.73. The molecule has 2 heterocycles. The molecule has 1 aliphatic heterocycles. The lowest BCUT2D eigenvalue weighted by Crippen LogP contribution is -2.28. The number of aromatic nitrogens is 1. The first-order chi connectivity index (χ1) is 14.0. The van der Waals surface area contributed by atoms with Crippen molar-refractivity contribution in [3.8, 4) is 5.75 Å². The fourth-order valence-corrected chi connectivity index (χ4v) is 3.90. The van der Waals surface area contributed by atoms with Crippen LogP contribution in [0.5, 0.6) is 5.75 Å². The minimum atomic E-state index is -1.09. The average Bonchev–Trinajstić information content (AvgIpc) is 3.04. The number of carboxylic acids is 1. The van der Waals surface area contributed by atoms with Crippen LogP contribution in [0.1, 0.15) is 23.2 Å². The van der Waals surface area contributed by atoms with Crippen LogP contribution >= 0.6 is 0 Å². The van der Waals surface area contributed by atoms with Crippen LogP contribution in [0.3, 0.4) is 0 Å². The average molecular weight is 394 g/mol. The van der Waals surface area contributed by atoms with Gasteiger partial charge in [-0.3, -0.25) is 4.90 Å². The first kappa shape index (κ1) is 19.2. The van der Waals surface area contributed by atoms with Crippen molar-refractivity contribution < 1.29 is 19.0 Å². The molecular weight excluding hydrogens is 371 g/mol. The van der Waals surface area contributed by atoms with E-state index in [0.29, 0.717) is 12.1 Å². The molecule has 2 N–H and O–H groups in total. The van der Waals surface area contributed by atoms with E-state index in [0.717, 1.165) is 25.0 Å². The number of H-pyrrole nitrogens is 1. The van der Waals surface area contributed by atoms with Crippen molar-refractivity contribution in [2.24, 2.45) is 0 Å². The van der Waals surface area contributed by atoms with E-state index >= 15 is 0 Å². The number of nitrogens with one attached hydrogen (secondary N) is 1. The monoisotopic (exact) mass is 394 g/mol. The van der Waals surface area contributed by atoms with Gasteiger partial charge in [-0.05, 0) is 31.1 Å². The predicted octanol–water partition coefficient (Wildman–Crippen LogP) is 4.37. The molecular formula is C23H23FN2O3. The number of halogens is 1. The number of rotatable bonds is 6. The number of hydrogen-bond acceptors (Lipinski definition) is 3. The van der Waals surface area contributed by atoms with E-state index in [4.69, 9.17) is 9.84 Å². The zero-order valence-corrected chi connectivity index (χ0v) is 16.2. The van der Waals surface area contributed by atoms with Gasteiger partial charge in [0.2, 0.25) is 0 Å². The van der Waals surface area contributed by atoms with Crippen molar-refractivity contribution in [3.63, 3.8) is 0 Å². The van der Waals surface area contributed by atoms with Gasteiger partial charge in [0.15, 0.2) is 6.61 Å². The van der Waals surface area contributed by atoms with Crippen molar-refractivity contribution in [2.75, 3.05) is 19.7 Å². The Morgan fingerprint density at radius 2 is 2.10 bits per heavy atom. The second-order valence-electron chi connectivity index (χ2n) is 7.32. The lowest BCUT2D eigenvalue weighted by atomic mass is 9.96. The van der Waals surface area contributed by atoms with Gasteiger partial charge in [-0.25, -0.2) is 9.18 Å². The second-order valence-corrected chi connectivity index (χ2v) is 7.32. The Balaban J connectivity index is 1.45. The van der Waals surface area contributed by atoms with Gasteiger partial charge < -0.3 is 14.8 Å². The zero-order valence-electron chi connectivity index (χ0n) is 16.2. The maximum Gasteiger partial charge on any atom is 0.341 e. The largest absolute Gasteiger partial charge is 0.482 e. The van der Waals surface area contributed by atoms with Gasteiger partial charge in [0.25, 0.3) is 0 Å². The molecule has 0 atom stereocenters. The number of hydrogen-bond donors (Lipinski definition) is 2. The fourth-order valence-electron chi connectivity index (χ4n) is 3.90. The SMILES string of the molecule is Cc1[nH]c2ccccc2c1C1=CCN(Cc2ccc(OCC(=O)O)cc2F)CC1. The van der Waals surface area contributed by atoms with E-state index in [1.54, 1.807) is 12.1 Å². The highest BCUT2D eigenvalue weighted by Crippen LogP contribution is 2.32. The Morgan fingerprint density at radius 1 is 1.28 bits per heavy atom. The summed E-state index contributed by atoms with van der Waals surface area (Å²) in [5.41, 5.74) is 5.51. The minimum absolute atomic E-state index is 0.226. The Bertz CT molecular complexity index is 1090. The van der Waals surface area contributed by atoms with Crippen LogP contribution < -0.4 is 4.74 Å². The standard InChI is InChI=1S/C23H23FN2O3/c1-15-23(19-4-2-3-5-21(19)25-15)16-8-10-26(11-9-16)13-17-6-7-18(12-20(17)24)29-14-22(27)28/h2-8,12,25H,9-11,13-14H2,1H3,(H,27,28). The van der Waals surface area contributed by atoms with Gasteiger partial charge in [-0.15, -0.1) is 0 Å². The molecule has 0 saturated carbocycles. The maximum atomic E-state index is 14.4. The van der Waals surface area contributed by atoms with E-state index in [-0.39, 0.29) is 11.6 Å². The predicted molar refractivity (Wildman–Crippen MR) is 110 cm³/mol. The third-order valence-corrected chi connectivity index (χ3v) is 5.29. The Kier molecular flexibility index (Phi) is 5.36. The number of fused-ring (bicyclic) bond motifs is 1. The number of aliphatic carboxylic acids is 1. The van der Waals surface area contributed by atoms with Crippen LogP contribution in [0.4, 0.5) is 4.39 Å². The molecule has 0 aliphatic carbocycles. The molecule has 2 aromatic carbocycles. The number of ether oxygens (including phenoxy) is 1. The number of para-hydroxylation sites is 1. The van der Waals surface area contributed by atoms with E-state index in [1.807, 2.05) is 6.07 Å². The first-order valence-corrected chi connectivity index (χ1v) is 9.63. The number of aromatic amines is 1. The molecule has 0 saturated heterocycles. The minimum Gasteiger partial charge on any atom is -0.482 e. The van der Waals surface area contributed by atoms with Crippen LogP contribution in [-0.2, 0) is 11.3 Å². The number of aryl methyl sites for hydroxylation is 1. The molecule has 1 aromatic heterocycles. The molecule has 29 heavy (non-hydrogen) atoms. The number of nitrogens with zero attached hydrogens (tertiary/aromatic N) is 1. The smallest absolute Gasteiger partial charge is 0.341 e. The summed E-state index contributed by atoms with van der Waals surface area (Å²) in [4.78, 5) is 16.2. The molecule has 0 unspecified atom stereocenters. The van der Waals surface area contributed by atoms with Gasteiger partial charge in [0, 0.05) is 53.4 Å². The highest BCUT2D eigenvalue weighted by Gasteiger charge is 2.19. The van der Waals surface area contributed by atoms with Crippen LogP contribution in [0.25, 0.3) is 16.5 Å². The first-order valence-electron chi connectivity index (χ1n) is 9.63. The van der Waals surface area contributed by atoms with Crippen LogP contribution in [0, 0.1) is 12.7 Å². The molecule has 1 aliphatic rings. The fraction of sp³-hybridized carbons (Fsp3) is 0.261. The van der Waals surface area contributed by atoms with Gasteiger partial charge in [0.1, 0.15) is 11.6 Å². The molecule has 0 fully saturated rings. The third-order valence-electron chi connectivity index (χ3n) is 5.29. The highest BCUT2D eigenvalue weighted by atomic mass is 19.1. The quantitative estimate of drug-likeness (QED) is 0.652. The van der Waals surface area contributed by atoms with Crippen molar-refractivity contribution in [2.45, 2.75) is 19.9 Å². The van der Waals surface area contributed by atoms with Gasteiger partial charge in [-0.2, -0.15) is 0 Å². The van der Waals surface area contributed by atoms with Crippen molar-refractivity contribution >= 4 is 22.4 Å². The number of carboxylic acid groups (broad SMARTS) is 1. The molecule has 4 rings (SSSR count). The summed E-state index contributed by atoms with van der Waals surface area (Å²) in [5, 5.41) is 9.89. The summed E-state index contributed by atoms with van der Waals surface area (Å²) in [6.07, 6.45) is 3.14. The summed E-state index contributed by atoms with van der Waals surface area (Å²) in [5.74, 6) is -1.24. The van der Waals surface area contributed by atoms with Gasteiger partial charge >= 0.3 is 5.97 Å². The van der Waals surface area contributed by atoms with E-state index in [1.165, 1.54) is 28.3 Å². The molecule has 5 nitrogen and oxygen atoms in total. The molecule has 6 heteroatoms. The topological polar surface area (TPSA) is 65.6 Å². The van der Waals surface area contributed by atoms with E-state index in [9.17, 15) is 9.18 Å². The summed E-state index contributed by atoms with van der Waals surface area (Å²) >= 11 is 0. The molecule has 3 aromatic rings. The lowest BCUT2D eigenvalue weighted by molar-refractivity contribution is -0.139. The van der Waals surface area contributed by atoms with Crippen LogP contribution in [0.2, 0.25) is 0 Å². The van der Waals surface area contributed by atoms with Crippen molar-refractivity contribution in [1.29, 1.82) is 0 Å². The zero-order chi connectivity index (χ0) is 20.4. The lowest BCUT2D eigenvalue weighted by Gasteiger charge is -2.27. The number of benzene rings is 2. The Hall–Kier alpha value is -3.12. The summed E-state index contributed by atoms with van der Waals surface area (Å²) in [6, 6.07) is 12.8. The Morgan fingerprint density at radius 3 is 2.83 bits per heavy atom. The van der Waals surface area contributed by atoms with Crippen LogP contribution in [0.15, 0.2) is 48.5 Å². The third kappa shape index (κ3) is 4.17. The molecule has 150 valence electrons. The summed E-state index contributed by atoms with van der Waals surface area (Å²) in [7, 11) is 0. The molecule has 0 bridgehead atoms. The Labute approximate surface area is 168 Å². The highest BCUT2D eigenvalue weighted by molar-refractivity contribution is 5.94. The second kappa shape index (κ2) is 8.09. The van der Waals surface area contributed by atoms with Gasteiger partial charge in [-0.1, -0.05) is 30.3 Å². The van der Waals surface area contributed by atoms with E-state index in [2.05, 4.69) is 41.1 Å². The van der Waals surface area contributed by atoms with Crippen LogP contribution in [-0.4, -0.2) is 40.7 Å². The normalized spacial score (nSPS) is 14.8. The maximum absolute atomic E-state index is 14.4. The molecule has 0 spiro atoms. The molecule has 0 amide bonds. The molecule has 0 radical (unpaired) electrons. The summed E-state index contributed by atoms with van der Waals surface area (Å²) < 4.78 is 19.4.